The van der Waals surface area contributed by atoms with Crippen LogP contribution in [0, 0.1) is 0 Å². The van der Waals surface area contributed by atoms with Crippen LogP contribution >= 0.6 is 0 Å². The predicted octanol–water partition coefficient (Wildman–Crippen LogP) is 18.4. The summed E-state index contributed by atoms with van der Waals surface area (Å²) >= 11 is 0. The molecule has 0 aromatic rings. The van der Waals surface area contributed by atoms with Crippen LogP contribution in [-0.2, 0) is 23.7 Å². The van der Waals surface area contributed by atoms with E-state index in [2.05, 4.69) is 43.5 Å². The number of rotatable bonds is 69. The second-order valence-corrected chi connectivity index (χ2v) is 28.9. The average Bonchev–Trinajstić information content (AvgIpc) is 0.897. The van der Waals surface area contributed by atoms with Crippen molar-refractivity contribution >= 4 is 5.91 Å². The van der Waals surface area contributed by atoms with Crippen LogP contribution in [0.4, 0.5) is 0 Å². The van der Waals surface area contributed by atoms with Gasteiger partial charge in [-0.1, -0.05) is 359 Å². The Labute approximate surface area is 582 Å². The first-order chi connectivity index (χ1) is 46.6. The quantitative estimate of drug-likeness (QED) is 0.0204. The summed E-state index contributed by atoms with van der Waals surface area (Å²) in [6.07, 6.45) is 69.6. The van der Waals surface area contributed by atoms with Gasteiger partial charge in [0, 0.05) is 6.42 Å². The monoisotopic (exact) mass is 1350 g/mol. The number of unbranched alkanes of at least 4 members (excludes halogenated alkanes) is 52. The van der Waals surface area contributed by atoms with Gasteiger partial charge in [0.1, 0.15) is 48.8 Å². The van der Waals surface area contributed by atoms with Gasteiger partial charge < -0.3 is 65.1 Å². The van der Waals surface area contributed by atoms with Crippen molar-refractivity contribution in [3.63, 3.8) is 0 Å². The maximum absolute atomic E-state index is 13.4. The Bertz CT molecular complexity index is 1730. The molecule has 2 heterocycles. The molecule has 0 aliphatic carbocycles. The first-order valence-electron chi connectivity index (χ1n) is 40.7. The van der Waals surface area contributed by atoms with E-state index >= 15 is 0 Å². The van der Waals surface area contributed by atoms with Gasteiger partial charge >= 0.3 is 0 Å². The van der Waals surface area contributed by atoms with Crippen molar-refractivity contribution in [2.75, 3.05) is 19.8 Å². The molecule has 0 aromatic heterocycles. The van der Waals surface area contributed by atoms with Crippen LogP contribution in [0.3, 0.4) is 0 Å². The number of allylic oxidation sites excluding steroid dienone is 5. The van der Waals surface area contributed by atoms with Crippen LogP contribution in [0.1, 0.15) is 380 Å². The molecule has 14 heteroatoms. The Hall–Kier alpha value is -1.79. The highest BCUT2D eigenvalue weighted by Crippen LogP contribution is 2.30. The fourth-order valence-electron chi connectivity index (χ4n) is 13.6. The number of aliphatic hydroxyl groups is 8. The zero-order chi connectivity index (χ0) is 68.7. The van der Waals surface area contributed by atoms with Gasteiger partial charge in [-0.25, -0.2) is 0 Å². The van der Waals surface area contributed by atoms with Gasteiger partial charge in [-0.3, -0.25) is 4.79 Å². The molecule has 14 nitrogen and oxygen atoms in total. The van der Waals surface area contributed by atoms with Crippen LogP contribution in [0.2, 0.25) is 0 Å². The Balaban J connectivity index is 1.55. The summed E-state index contributed by atoms with van der Waals surface area (Å²) in [4.78, 5) is 13.4. The van der Waals surface area contributed by atoms with Crippen molar-refractivity contribution in [3.8, 4) is 0 Å². The number of hydrogen-bond acceptors (Lipinski definition) is 13. The molecule has 0 bridgehead atoms. The van der Waals surface area contributed by atoms with Gasteiger partial charge in [-0.05, 0) is 51.4 Å². The summed E-state index contributed by atoms with van der Waals surface area (Å²) in [6.45, 7) is 2.85. The van der Waals surface area contributed by atoms with Gasteiger partial charge in [0.15, 0.2) is 12.6 Å². The van der Waals surface area contributed by atoms with Crippen molar-refractivity contribution < 1.29 is 64.6 Å². The first-order valence-corrected chi connectivity index (χ1v) is 40.7. The molecule has 0 aromatic carbocycles. The van der Waals surface area contributed by atoms with Crippen LogP contribution < -0.4 is 5.32 Å². The number of carbonyl (C=O) groups excluding carboxylic acids is 1. The van der Waals surface area contributed by atoms with Crippen molar-refractivity contribution in [3.05, 3.63) is 36.5 Å². The van der Waals surface area contributed by atoms with E-state index in [0.717, 1.165) is 44.9 Å². The molecule has 0 radical (unpaired) electrons. The van der Waals surface area contributed by atoms with E-state index in [1.165, 1.54) is 308 Å². The van der Waals surface area contributed by atoms with Gasteiger partial charge in [0.25, 0.3) is 0 Å². The summed E-state index contributed by atoms with van der Waals surface area (Å²) in [7, 11) is 0. The van der Waals surface area contributed by atoms with E-state index in [4.69, 9.17) is 18.9 Å². The lowest BCUT2D eigenvalue weighted by atomic mass is 9.97. The third-order valence-electron chi connectivity index (χ3n) is 20.1. The van der Waals surface area contributed by atoms with Crippen LogP contribution in [-0.4, -0.2) is 140 Å². The van der Waals surface area contributed by atoms with Crippen molar-refractivity contribution in [2.24, 2.45) is 0 Å². The molecule has 2 saturated heterocycles. The van der Waals surface area contributed by atoms with Crippen LogP contribution in [0.15, 0.2) is 36.5 Å². The normalized spacial score (nSPS) is 22.5. The maximum Gasteiger partial charge on any atom is 0.220 e. The summed E-state index contributed by atoms with van der Waals surface area (Å²) in [6, 6.07) is -0.913. The SMILES string of the molecule is CCCCCCC/C=C\C/C=C\CCCCCCCCCCCCCCCCCCCCCCCCCCCCCCCC(=O)NC(COC1OC(CO)C(OC2OC(CO)C(O)C(O)C2O)C(O)C1O)C(O)/C=C/CCCCCCCCCCCCCCCCCCCC. The van der Waals surface area contributed by atoms with Crippen molar-refractivity contribution in [1.29, 1.82) is 0 Å². The minimum Gasteiger partial charge on any atom is -0.394 e. The molecule has 2 rings (SSSR count). The Morgan fingerprint density at radius 1 is 0.379 bits per heavy atom. The van der Waals surface area contributed by atoms with Crippen LogP contribution in [0.25, 0.3) is 0 Å². The molecule has 2 fully saturated rings. The highest BCUT2D eigenvalue weighted by Gasteiger charge is 2.51. The van der Waals surface area contributed by atoms with Gasteiger partial charge in [-0.2, -0.15) is 0 Å². The van der Waals surface area contributed by atoms with Gasteiger partial charge in [-0.15, -0.1) is 0 Å². The largest absolute Gasteiger partial charge is 0.394 e. The standard InChI is InChI=1S/C81H153NO13/c1-3-5-7-9-11-13-15-17-19-21-23-25-26-27-28-29-30-31-32-33-34-35-36-37-38-39-40-41-42-43-44-45-47-49-51-53-55-57-59-61-63-65-73(86)82-69(70(85)64-62-60-58-56-54-52-50-48-46-24-22-20-18-16-14-12-10-8-6-4-2)68-92-80-78(91)76(89)79(72(67-84)94-80)95-81-77(90)75(88)74(87)71(66-83)93-81/h15,17,21,23,62,64,69-72,74-81,83-85,87-91H,3-14,16,18-20,22,24-61,63,65-68H2,1-2H3,(H,82,86)/b17-15-,23-21-,64-62+. The fourth-order valence-corrected chi connectivity index (χ4v) is 13.6. The molecule has 12 unspecified atom stereocenters. The Kier molecular flexibility index (Phi) is 61.6. The fraction of sp³-hybridized carbons (Fsp3) is 0.914. The topological polar surface area (TPSA) is 228 Å². The van der Waals surface area contributed by atoms with Crippen molar-refractivity contribution in [1.82, 2.24) is 5.32 Å². The molecule has 9 N–H and O–H groups in total. The summed E-state index contributed by atoms with van der Waals surface area (Å²) in [5, 5.41) is 87.6. The van der Waals surface area contributed by atoms with Crippen LogP contribution in [0.5, 0.6) is 0 Å². The third-order valence-corrected chi connectivity index (χ3v) is 20.1. The van der Waals surface area contributed by atoms with Crippen molar-refractivity contribution in [2.45, 2.75) is 453 Å². The van der Waals surface area contributed by atoms with E-state index in [9.17, 15) is 45.6 Å². The molecule has 12 atom stereocenters. The lowest BCUT2D eigenvalue weighted by Gasteiger charge is -2.46. The molecule has 0 spiro atoms. The minimum atomic E-state index is -1.79. The van der Waals surface area contributed by atoms with E-state index in [-0.39, 0.29) is 18.9 Å². The lowest BCUT2D eigenvalue weighted by molar-refractivity contribution is -0.359. The number of amides is 1. The molecule has 560 valence electrons. The highest BCUT2D eigenvalue weighted by atomic mass is 16.7. The second-order valence-electron chi connectivity index (χ2n) is 28.9. The second kappa shape index (κ2) is 65.5. The zero-order valence-corrected chi connectivity index (χ0v) is 61.4. The number of carbonyl (C=O) groups is 1. The Morgan fingerprint density at radius 3 is 1.05 bits per heavy atom. The van der Waals surface area contributed by atoms with E-state index in [1.54, 1.807) is 6.08 Å². The van der Waals surface area contributed by atoms with E-state index < -0.39 is 86.8 Å². The average molecular weight is 1350 g/mol. The molecule has 2 aliphatic heterocycles. The van der Waals surface area contributed by atoms with Gasteiger partial charge in [0.05, 0.1) is 32.0 Å². The predicted molar refractivity (Wildman–Crippen MR) is 392 cm³/mol. The molecule has 0 saturated carbocycles. The number of nitrogens with one attached hydrogen (secondary N) is 1. The highest BCUT2D eigenvalue weighted by molar-refractivity contribution is 5.76. The third kappa shape index (κ3) is 48.6. The molecule has 95 heavy (non-hydrogen) atoms. The molecular weight excluding hydrogens is 1190 g/mol. The van der Waals surface area contributed by atoms with E-state index in [0.29, 0.717) is 6.42 Å². The summed E-state index contributed by atoms with van der Waals surface area (Å²) in [5.41, 5.74) is 0. The molecular formula is C81H153NO13. The number of ether oxygens (including phenoxy) is 4. The smallest absolute Gasteiger partial charge is 0.220 e. The summed E-state index contributed by atoms with van der Waals surface area (Å²) < 4.78 is 22.9. The minimum absolute atomic E-state index is 0.231. The summed E-state index contributed by atoms with van der Waals surface area (Å²) in [5.74, 6) is -0.231. The number of hydrogen-bond donors (Lipinski definition) is 9. The first kappa shape index (κ1) is 89.3. The molecule has 1 amide bonds. The zero-order valence-electron chi connectivity index (χ0n) is 61.4. The van der Waals surface area contributed by atoms with E-state index in [1.807, 2.05) is 6.08 Å². The van der Waals surface area contributed by atoms with Gasteiger partial charge in [0.2, 0.25) is 5.91 Å². The number of aliphatic hydroxyl groups excluding tert-OH is 8. The Morgan fingerprint density at radius 2 is 0.695 bits per heavy atom. The lowest BCUT2D eigenvalue weighted by Crippen LogP contribution is -2.65. The molecule has 2 aliphatic rings. The maximum atomic E-state index is 13.4.